The summed E-state index contributed by atoms with van der Waals surface area (Å²) in [5.41, 5.74) is 0. The van der Waals surface area contributed by atoms with Crippen molar-refractivity contribution in [1.29, 1.82) is 0 Å². The quantitative estimate of drug-likeness (QED) is 0.749. The van der Waals surface area contributed by atoms with Gasteiger partial charge in [-0.15, -0.1) is 17.9 Å². The lowest BCUT2D eigenvalue weighted by Gasteiger charge is -2.31. The van der Waals surface area contributed by atoms with Gasteiger partial charge in [0.25, 0.3) is 5.91 Å². The molecule has 0 N–H and O–H groups in total. The normalized spacial score (nSPS) is 26.8. The SMILES string of the molecule is C=CCOC1C2CCC1N(C(=O)c1sccc1OCC)CCO2. The number of nitrogens with zero attached hydrogens (tertiary/aromatic N) is 1. The molecule has 1 aromatic heterocycles. The van der Waals surface area contributed by atoms with E-state index in [1.54, 1.807) is 6.08 Å². The van der Waals surface area contributed by atoms with Crippen LogP contribution >= 0.6 is 11.3 Å². The van der Waals surface area contributed by atoms with E-state index in [9.17, 15) is 4.79 Å². The maximum Gasteiger partial charge on any atom is 0.268 e. The number of rotatable bonds is 6. The number of ether oxygens (including phenoxy) is 3. The predicted molar refractivity (Wildman–Crippen MR) is 89.2 cm³/mol. The Bertz CT molecular complexity index is 559. The molecule has 2 heterocycles. The molecular formula is C17H23NO4S. The average molecular weight is 337 g/mol. The van der Waals surface area contributed by atoms with Crippen LogP contribution in [-0.2, 0) is 9.47 Å². The minimum absolute atomic E-state index is 0.0202. The zero-order chi connectivity index (χ0) is 16.2. The maximum absolute atomic E-state index is 13.0. The first-order valence-corrected chi connectivity index (χ1v) is 8.99. The Morgan fingerprint density at radius 1 is 1.57 bits per heavy atom. The molecule has 2 fully saturated rings. The van der Waals surface area contributed by atoms with Crippen molar-refractivity contribution in [3.05, 3.63) is 29.0 Å². The van der Waals surface area contributed by atoms with Crippen molar-refractivity contribution in [3.63, 3.8) is 0 Å². The average Bonchev–Trinajstić information content (AvgIpc) is 3.10. The summed E-state index contributed by atoms with van der Waals surface area (Å²) >= 11 is 1.43. The van der Waals surface area contributed by atoms with Crippen molar-refractivity contribution in [1.82, 2.24) is 4.90 Å². The molecule has 2 aliphatic rings. The first-order chi connectivity index (χ1) is 11.3. The fraction of sp³-hybridized carbons (Fsp3) is 0.588. The van der Waals surface area contributed by atoms with E-state index < -0.39 is 0 Å². The molecule has 1 amide bonds. The van der Waals surface area contributed by atoms with Crippen LogP contribution in [0.15, 0.2) is 24.1 Å². The Morgan fingerprint density at radius 3 is 3.22 bits per heavy atom. The van der Waals surface area contributed by atoms with E-state index in [-0.39, 0.29) is 24.2 Å². The minimum atomic E-state index is -0.0741. The Balaban J connectivity index is 1.81. The predicted octanol–water partition coefficient (Wildman–Crippen LogP) is 2.72. The van der Waals surface area contributed by atoms with Crippen LogP contribution in [0.2, 0.25) is 0 Å². The highest BCUT2D eigenvalue weighted by Crippen LogP contribution is 2.35. The standard InChI is InChI=1S/C17H23NO4S/c1-3-9-22-15-12-5-6-13(15)21-10-8-18(12)17(19)16-14(20-4-2)7-11-23-16/h3,7,11-13,15H,1,4-6,8-10H2,2H3. The van der Waals surface area contributed by atoms with Crippen LogP contribution in [0, 0.1) is 0 Å². The van der Waals surface area contributed by atoms with Crippen molar-refractivity contribution in [2.24, 2.45) is 0 Å². The highest BCUT2D eigenvalue weighted by Gasteiger charge is 2.45. The summed E-state index contributed by atoms with van der Waals surface area (Å²) in [5, 5.41) is 1.90. The van der Waals surface area contributed by atoms with Gasteiger partial charge in [-0.2, -0.15) is 0 Å². The van der Waals surface area contributed by atoms with E-state index in [0.29, 0.717) is 37.0 Å². The molecule has 126 valence electrons. The third-order valence-electron chi connectivity index (χ3n) is 4.35. The largest absolute Gasteiger partial charge is 0.492 e. The van der Waals surface area contributed by atoms with Gasteiger partial charge in [0, 0.05) is 6.54 Å². The second-order valence-electron chi connectivity index (χ2n) is 5.69. The van der Waals surface area contributed by atoms with Crippen LogP contribution in [0.1, 0.15) is 29.4 Å². The summed E-state index contributed by atoms with van der Waals surface area (Å²) < 4.78 is 17.4. The van der Waals surface area contributed by atoms with Gasteiger partial charge in [-0.1, -0.05) is 6.08 Å². The molecule has 1 aromatic rings. The van der Waals surface area contributed by atoms with Crippen molar-refractivity contribution in [2.45, 2.75) is 38.0 Å². The van der Waals surface area contributed by atoms with E-state index >= 15 is 0 Å². The Kier molecular flexibility index (Phi) is 5.35. The number of hydrogen-bond donors (Lipinski definition) is 0. The molecule has 0 radical (unpaired) electrons. The minimum Gasteiger partial charge on any atom is -0.492 e. The van der Waals surface area contributed by atoms with Gasteiger partial charge in [-0.05, 0) is 31.2 Å². The van der Waals surface area contributed by atoms with E-state index in [0.717, 1.165) is 12.8 Å². The summed E-state index contributed by atoms with van der Waals surface area (Å²) in [6, 6.07) is 1.92. The van der Waals surface area contributed by atoms with Gasteiger partial charge >= 0.3 is 0 Å². The first-order valence-electron chi connectivity index (χ1n) is 8.11. The van der Waals surface area contributed by atoms with Crippen molar-refractivity contribution in [3.8, 4) is 5.75 Å². The molecule has 5 nitrogen and oxygen atoms in total. The number of carbonyl (C=O) groups is 1. The first kappa shape index (κ1) is 16.5. The van der Waals surface area contributed by atoms with Gasteiger partial charge in [-0.3, -0.25) is 4.79 Å². The van der Waals surface area contributed by atoms with E-state index in [2.05, 4.69) is 6.58 Å². The molecule has 6 heteroatoms. The third kappa shape index (κ3) is 3.29. The second kappa shape index (κ2) is 7.47. The molecule has 23 heavy (non-hydrogen) atoms. The van der Waals surface area contributed by atoms with Crippen LogP contribution in [0.25, 0.3) is 0 Å². The van der Waals surface area contributed by atoms with Crippen LogP contribution in [0.3, 0.4) is 0 Å². The summed E-state index contributed by atoms with van der Waals surface area (Å²) in [5.74, 6) is 0.692. The van der Waals surface area contributed by atoms with Gasteiger partial charge in [-0.25, -0.2) is 0 Å². The van der Waals surface area contributed by atoms with Crippen LogP contribution in [0.4, 0.5) is 0 Å². The maximum atomic E-state index is 13.0. The van der Waals surface area contributed by atoms with Gasteiger partial charge in [0.05, 0.1) is 32.0 Å². The lowest BCUT2D eigenvalue weighted by Crippen LogP contribution is -2.46. The van der Waals surface area contributed by atoms with E-state index in [1.165, 1.54) is 11.3 Å². The number of fused-ring (bicyclic) bond motifs is 2. The number of hydrogen-bond acceptors (Lipinski definition) is 5. The fourth-order valence-corrected chi connectivity index (χ4v) is 4.18. The van der Waals surface area contributed by atoms with Gasteiger partial charge in [0.15, 0.2) is 0 Å². The van der Waals surface area contributed by atoms with Gasteiger partial charge in [0.1, 0.15) is 16.7 Å². The fourth-order valence-electron chi connectivity index (χ4n) is 3.39. The molecule has 0 spiro atoms. The van der Waals surface area contributed by atoms with Crippen LogP contribution in [0.5, 0.6) is 5.75 Å². The molecule has 1 aliphatic carbocycles. The van der Waals surface area contributed by atoms with Crippen molar-refractivity contribution < 1.29 is 19.0 Å². The smallest absolute Gasteiger partial charge is 0.268 e. The number of carbonyl (C=O) groups excluding carboxylic acids is 1. The molecule has 2 bridgehead atoms. The Hall–Kier alpha value is -1.37. The van der Waals surface area contributed by atoms with Crippen molar-refractivity contribution in [2.75, 3.05) is 26.4 Å². The Morgan fingerprint density at radius 2 is 2.43 bits per heavy atom. The van der Waals surface area contributed by atoms with Crippen LogP contribution < -0.4 is 4.74 Å². The van der Waals surface area contributed by atoms with Gasteiger partial charge < -0.3 is 19.1 Å². The lowest BCUT2D eigenvalue weighted by molar-refractivity contribution is -0.0434. The van der Waals surface area contributed by atoms with E-state index in [1.807, 2.05) is 23.3 Å². The third-order valence-corrected chi connectivity index (χ3v) is 5.23. The monoisotopic (exact) mass is 337 g/mol. The lowest BCUT2D eigenvalue weighted by atomic mass is 10.1. The molecule has 1 saturated carbocycles. The summed E-state index contributed by atoms with van der Waals surface area (Å²) in [6.07, 6.45) is 3.58. The van der Waals surface area contributed by atoms with Gasteiger partial charge in [0.2, 0.25) is 0 Å². The molecule has 1 saturated heterocycles. The molecular weight excluding hydrogens is 314 g/mol. The number of amides is 1. The molecule has 1 aliphatic heterocycles. The van der Waals surface area contributed by atoms with E-state index in [4.69, 9.17) is 14.2 Å². The highest BCUT2D eigenvalue weighted by atomic mass is 32.1. The molecule has 3 rings (SSSR count). The summed E-state index contributed by atoms with van der Waals surface area (Å²) in [7, 11) is 0. The summed E-state index contributed by atoms with van der Waals surface area (Å²) in [6.45, 7) is 7.80. The zero-order valence-electron chi connectivity index (χ0n) is 13.4. The highest BCUT2D eigenvalue weighted by molar-refractivity contribution is 7.12. The zero-order valence-corrected chi connectivity index (χ0v) is 14.2. The number of thiophene rings is 1. The molecule has 3 unspecified atom stereocenters. The second-order valence-corrected chi connectivity index (χ2v) is 6.60. The summed E-state index contributed by atoms with van der Waals surface area (Å²) in [4.78, 5) is 15.6. The topological polar surface area (TPSA) is 48.0 Å². The van der Waals surface area contributed by atoms with Crippen molar-refractivity contribution >= 4 is 17.2 Å². The molecule has 0 aromatic carbocycles. The van der Waals surface area contributed by atoms with Crippen LogP contribution in [-0.4, -0.2) is 55.4 Å². The Labute approximate surface area is 140 Å². The molecule has 3 atom stereocenters.